The lowest BCUT2D eigenvalue weighted by Gasteiger charge is -2.20. The van der Waals surface area contributed by atoms with E-state index in [2.05, 4.69) is 10.6 Å². The summed E-state index contributed by atoms with van der Waals surface area (Å²) in [6.45, 7) is 3.62. The van der Waals surface area contributed by atoms with E-state index in [-0.39, 0.29) is 24.3 Å². The Morgan fingerprint density at radius 1 is 1.37 bits per heavy atom. The normalized spacial score (nSPS) is 12.0. The molecule has 0 aliphatic heterocycles. The maximum Gasteiger partial charge on any atom is 0.319 e. The van der Waals surface area contributed by atoms with Crippen molar-refractivity contribution in [3.8, 4) is 0 Å². The third-order valence-corrected chi connectivity index (χ3v) is 2.65. The zero-order chi connectivity index (χ0) is 14.4. The first-order valence-corrected chi connectivity index (χ1v) is 5.87. The molecular formula is C12H17N3O4. The Hall–Kier alpha value is -2.15. The van der Waals surface area contributed by atoms with Crippen LogP contribution >= 0.6 is 0 Å². The lowest BCUT2D eigenvalue weighted by molar-refractivity contribution is -0.384. The highest BCUT2D eigenvalue weighted by Gasteiger charge is 2.15. The molecule has 0 aromatic heterocycles. The number of benzene rings is 1. The van der Waals surface area contributed by atoms with Crippen molar-refractivity contribution in [1.82, 2.24) is 5.32 Å². The van der Waals surface area contributed by atoms with E-state index in [1.807, 2.05) is 13.8 Å². The van der Waals surface area contributed by atoms with E-state index in [1.165, 1.54) is 24.3 Å². The minimum absolute atomic E-state index is 0.0404. The number of urea groups is 1. The van der Waals surface area contributed by atoms with Gasteiger partial charge in [-0.1, -0.05) is 13.8 Å². The highest BCUT2D eigenvalue weighted by Crippen LogP contribution is 2.15. The van der Waals surface area contributed by atoms with Crippen LogP contribution in [0, 0.1) is 16.0 Å². The van der Waals surface area contributed by atoms with Gasteiger partial charge in [-0.25, -0.2) is 4.79 Å². The van der Waals surface area contributed by atoms with Crippen LogP contribution in [0.25, 0.3) is 0 Å². The third kappa shape index (κ3) is 4.55. The first-order valence-electron chi connectivity index (χ1n) is 5.87. The molecule has 0 spiro atoms. The average Bonchev–Trinajstić information content (AvgIpc) is 2.36. The molecule has 0 saturated heterocycles. The Labute approximate surface area is 110 Å². The number of rotatable bonds is 5. The van der Waals surface area contributed by atoms with Gasteiger partial charge in [-0.05, 0) is 18.1 Å². The summed E-state index contributed by atoms with van der Waals surface area (Å²) >= 11 is 0. The summed E-state index contributed by atoms with van der Waals surface area (Å²) < 4.78 is 0. The SMILES string of the molecule is CC(C)[C@@H](CO)NC(=O)Nc1ccc([N+](=O)[O-])cc1. The fourth-order valence-corrected chi connectivity index (χ4v) is 1.43. The zero-order valence-corrected chi connectivity index (χ0v) is 10.8. The van der Waals surface area contributed by atoms with Crippen molar-refractivity contribution in [2.24, 2.45) is 5.92 Å². The molecule has 0 aliphatic carbocycles. The van der Waals surface area contributed by atoms with E-state index >= 15 is 0 Å². The van der Waals surface area contributed by atoms with Crippen LogP contribution in [0.2, 0.25) is 0 Å². The molecule has 2 amide bonds. The highest BCUT2D eigenvalue weighted by atomic mass is 16.6. The maximum absolute atomic E-state index is 11.6. The monoisotopic (exact) mass is 267 g/mol. The van der Waals surface area contributed by atoms with Crippen molar-refractivity contribution < 1.29 is 14.8 Å². The van der Waals surface area contributed by atoms with Crippen LogP contribution in [0.5, 0.6) is 0 Å². The number of aliphatic hydroxyl groups is 1. The molecule has 1 aromatic rings. The molecule has 0 bridgehead atoms. The number of nitrogens with zero attached hydrogens (tertiary/aromatic N) is 1. The number of aliphatic hydroxyl groups excluding tert-OH is 1. The van der Waals surface area contributed by atoms with E-state index in [9.17, 15) is 14.9 Å². The molecular weight excluding hydrogens is 250 g/mol. The van der Waals surface area contributed by atoms with Gasteiger partial charge >= 0.3 is 6.03 Å². The Morgan fingerprint density at radius 2 is 1.95 bits per heavy atom. The molecule has 7 nitrogen and oxygen atoms in total. The number of nitro groups is 1. The van der Waals surface area contributed by atoms with E-state index in [1.54, 1.807) is 0 Å². The summed E-state index contributed by atoms with van der Waals surface area (Å²) in [7, 11) is 0. The fraction of sp³-hybridized carbons (Fsp3) is 0.417. The molecule has 0 fully saturated rings. The fourth-order valence-electron chi connectivity index (χ4n) is 1.43. The van der Waals surface area contributed by atoms with Crippen LogP contribution in [0.1, 0.15) is 13.8 Å². The van der Waals surface area contributed by atoms with Crippen LogP contribution in [-0.2, 0) is 0 Å². The Morgan fingerprint density at radius 3 is 2.37 bits per heavy atom. The quantitative estimate of drug-likeness (QED) is 0.558. The standard InChI is InChI=1S/C12H17N3O4/c1-8(2)11(7-16)14-12(17)13-9-3-5-10(6-4-9)15(18)19/h3-6,8,11,16H,7H2,1-2H3,(H2,13,14,17)/t11-/m1/s1. The van der Waals surface area contributed by atoms with Crippen molar-refractivity contribution >= 4 is 17.4 Å². The van der Waals surface area contributed by atoms with Crippen LogP contribution in [0.15, 0.2) is 24.3 Å². The molecule has 0 radical (unpaired) electrons. The van der Waals surface area contributed by atoms with Crippen LogP contribution in [-0.4, -0.2) is 28.7 Å². The van der Waals surface area contributed by atoms with Gasteiger partial charge in [0.15, 0.2) is 0 Å². The molecule has 104 valence electrons. The molecule has 0 saturated carbocycles. The molecule has 1 rings (SSSR count). The van der Waals surface area contributed by atoms with E-state index in [0.29, 0.717) is 5.69 Å². The van der Waals surface area contributed by atoms with E-state index in [4.69, 9.17) is 5.11 Å². The molecule has 19 heavy (non-hydrogen) atoms. The summed E-state index contributed by atoms with van der Waals surface area (Å²) in [5, 5.41) is 24.7. The van der Waals surface area contributed by atoms with Gasteiger partial charge in [0.25, 0.3) is 5.69 Å². The van der Waals surface area contributed by atoms with Crippen LogP contribution in [0.4, 0.5) is 16.2 Å². The summed E-state index contributed by atoms with van der Waals surface area (Å²) in [5.41, 5.74) is 0.407. The third-order valence-electron chi connectivity index (χ3n) is 2.65. The second-order valence-corrected chi connectivity index (χ2v) is 4.44. The molecule has 0 heterocycles. The molecule has 7 heteroatoms. The second kappa shape index (κ2) is 6.69. The maximum atomic E-state index is 11.6. The number of anilines is 1. The van der Waals surface area contributed by atoms with Gasteiger partial charge in [-0.15, -0.1) is 0 Å². The number of amides is 2. The van der Waals surface area contributed by atoms with Gasteiger partial charge in [-0.2, -0.15) is 0 Å². The van der Waals surface area contributed by atoms with Gasteiger partial charge in [-0.3, -0.25) is 10.1 Å². The first-order chi connectivity index (χ1) is 8.93. The molecule has 0 unspecified atom stereocenters. The predicted octanol–water partition coefficient (Wildman–Crippen LogP) is 1.73. The molecule has 0 aliphatic rings. The number of hydrogen-bond donors (Lipinski definition) is 3. The summed E-state index contributed by atoms with van der Waals surface area (Å²) in [6.07, 6.45) is 0. The van der Waals surface area contributed by atoms with Gasteiger partial charge in [0.2, 0.25) is 0 Å². The Kier molecular flexibility index (Phi) is 5.25. The van der Waals surface area contributed by atoms with Crippen molar-refractivity contribution in [1.29, 1.82) is 0 Å². The Balaban J connectivity index is 2.59. The molecule has 3 N–H and O–H groups in total. The number of carbonyl (C=O) groups excluding carboxylic acids is 1. The first kappa shape index (κ1) is 14.9. The lowest BCUT2D eigenvalue weighted by atomic mass is 10.1. The number of nitrogens with one attached hydrogen (secondary N) is 2. The number of hydrogen-bond acceptors (Lipinski definition) is 4. The Bertz CT molecular complexity index is 445. The average molecular weight is 267 g/mol. The zero-order valence-electron chi connectivity index (χ0n) is 10.8. The number of non-ortho nitro benzene ring substituents is 1. The van der Waals surface area contributed by atoms with E-state index in [0.717, 1.165) is 0 Å². The lowest BCUT2D eigenvalue weighted by Crippen LogP contribution is -2.43. The van der Waals surface area contributed by atoms with Gasteiger partial charge in [0, 0.05) is 17.8 Å². The van der Waals surface area contributed by atoms with Crippen molar-refractivity contribution in [2.75, 3.05) is 11.9 Å². The highest BCUT2D eigenvalue weighted by molar-refractivity contribution is 5.89. The number of nitro benzene ring substituents is 1. The largest absolute Gasteiger partial charge is 0.394 e. The van der Waals surface area contributed by atoms with Crippen LogP contribution in [0.3, 0.4) is 0 Å². The summed E-state index contributed by atoms with van der Waals surface area (Å²) in [6, 6.07) is 4.71. The van der Waals surface area contributed by atoms with Crippen LogP contribution < -0.4 is 10.6 Å². The minimum atomic E-state index is -0.510. The summed E-state index contributed by atoms with van der Waals surface area (Å²) in [5.74, 6) is 0.104. The van der Waals surface area contributed by atoms with Gasteiger partial charge in [0.05, 0.1) is 17.6 Å². The van der Waals surface area contributed by atoms with Crippen molar-refractivity contribution in [3.05, 3.63) is 34.4 Å². The topological polar surface area (TPSA) is 104 Å². The minimum Gasteiger partial charge on any atom is -0.394 e. The van der Waals surface area contributed by atoms with Crippen molar-refractivity contribution in [2.45, 2.75) is 19.9 Å². The van der Waals surface area contributed by atoms with Gasteiger partial charge < -0.3 is 15.7 Å². The van der Waals surface area contributed by atoms with Crippen molar-refractivity contribution in [3.63, 3.8) is 0 Å². The predicted molar refractivity (Wildman–Crippen MR) is 71.0 cm³/mol. The number of carbonyl (C=O) groups is 1. The van der Waals surface area contributed by atoms with E-state index < -0.39 is 11.0 Å². The smallest absolute Gasteiger partial charge is 0.319 e. The molecule has 1 atom stereocenters. The summed E-state index contributed by atoms with van der Waals surface area (Å²) in [4.78, 5) is 21.6. The molecule has 1 aromatic carbocycles. The second-order valence-electron chi connectivity index (χ2n) is 4.44. The van der Waals surface area contributed by atoms with Gasteiger partial charge in [0.1, 0.15) is 0 Å².